The normalized spacial score (nSPS) is 0. The summed E-state index contributed by atoms with van der Waals surface area (Å²) in [6.07, 6.45) is 0. The zero-order chi connectivity index (χ0) is 0. The molecule has 5 heteroatoms. The van der Waals surface area contributed by atoms with Gasteiger partial charge in [-0.3, -0.25) is 0 Å². The number of hydrogen-bond donors (Lipinski definition) is 0. The van der Waals surface area contributed by atoms with Crippen molar-refractivity contribution in [1.29, 1.82) is 0 Å². The van der Waals surface area contributed by atoms with E-state index in [4.69, 9.17) is 0 Å². The van der Waals surface area contributed by atoms with Crippen molar-refractivity contribution in [2.45, 2.75) is 0 Å². The van der Waals surface area contributed by atoms with Gasteiger partial charge in [-0.25, -0.2) is 0 Å². The van der Waals surface area contributed by atoms with Gasteiger partial charge in [-0.1, -0.05) is 0 Å². The molecule has 0 aromatic rings. The van der Waals surface area contributed by atoms with Crippen LogP contribution in [0.3, 0.4) is 0 Å². The van der Waals surface area contributed by atoms with Crippen molar-refractivity contribution in [2.75, 3.05) is 0 Å². The minimum absolute atomic E-state index is 0. The molecule has 0 aliphatic heterocycles. The topological polar surface area (TPSA) is 0 Å². The molecule has 0 nitrogen and oxygen atoms in total. The van der Waals surface area contributed by atoms with E-state index >= 15 is 0 Å². The fourth-order valence-corrected chi connectivity index (χ4v) is 0. The molecule has 35 valence electrons. The zero-order valence-electron chi connectivity index (χ0n) is 1.12. The first-order chi connectivity index (χ1) is 0. The second-order valence-electron chi connectivity index (χ2n) is 0. The Morgan fingerprint density at radius 2 is 0.800 bits per heavy atom. The third kappa shape index (κ3) is 18.9. The van der Waals surface area contributed by atoms with Gasteiger partial charge in [0, 0.05) is 56.5 Å². The molecule has 0 rings (SSSR count). The van der Waals surface area contributed by atoms with Crippen LogP contribution in [0.4, 0.5) is 0 Å². The van der Waals surface area contributed by atoms with Crippen LogP contribution in [0.15, 0.2) is 0 Å². The van der Waals surface area contributed by atoms with Gasteiger partial charge in [0.15, 0.2) is 0 Å². The van der Waals surface area contributed by atoms with Crippen LogP contribution in [-0.4, -0.2) is 79.8 Å². The van der Waals surface area contributed by atoms with E-state index in [9.17, 15) is 0 Å². The van der Waals surface area contributed by atoms with Gasteiger partial charge in [-0.15, -0.1) is 0 Å². The molecule has 0 atom stereocenters. The predicted octanol–water partition coefficient (Wildman–Crippen LogP) is -3.13. The van der Waals surface area contributed by atoms with E-state index in [1.807, 2.05) is 0 Å². The first-order valence-corrected chi connectivity index (χ1v) is 0. The summed E-state index contributed by atoms with van der Waals surface area (Å²) in [5.74, 6) is 0. The maximum Gasteiger partial charge on any atom is 0 e. The molecule has 0 spiro atoms. The van der Waals surface area contributed by atoms with Gasteiger partial charge in [0.05, 0.1) is 0 Å². The Hall–Kier alpha value is 3.29. The van der Waals surface area contributed by atoms with Crippen LogP contribution < -0.4 is 0 Å². The Balaban J connectivity index is 0. The molecule has 0 aromatic carbocycles. The van der Waals surface area contributed by atoms with Gasteiger partial charge in [0.2, 0.25) is 0 Å². The number of rotatable bonds is 0. The standard InChI is InChI=1S/Ag.Ga.In.2Se.6H. The van der Waals surface area contributed by atoms with Crippen molar-refractivity contribution in [1.82, 2.24) is 0 Å². The summed E-state index contributed by atoms with van der Waals surface area (Å²) in [6.45, 7) is 0. The smallest absolute Gasteiger partial charge is 0 e. The van der Waals surface area contributed by atoms with E-state index in [0.29, 0.717) is 0 Å². The third-order valence-electron chi connectivity index (χ3n) is 0. The van der Waals surface area contributed by atoms with Gasteiger partial charge in [0.1, 0.15) is 0 Å². The first kappa shape index (κ1) is 40.7. The summed E-state index contributed by atoms with van der Waals surface area (Å²) in [6, 6.07) is 0. The van der Waals surface area contributed by atoms with Crippen LogP contribution >= 0.6 is 0 Å². The van der Waals surface area contributed by atoms with E-state index in [1.165, 1.54) is 0 Å². The summed E-state index contributed by atoms with van der Waals surface area (Å²) in [5, 5.41) is 0. The summed E-state index contributed by atoms with van der Waals surface area (Å²) in [4.78, 5) is 0. The van der Waals surface area contributed by atoms with Gasteiger partial charge in [-0.2, -0.15) is 0 Å². The quantitative estimate of drug-likeness (QED) is 0.339. The summed E-state index contributed by atoms with van der Waals surface area (Å²) >= 11 is 0. The average Bonchev–Trinajstić information content (AvgIpc) is 0. The summed E-state index contributed by atoms with van der Waals surface area (Å²) in [7, 11) is 0. The summed E-state index contributed by atoms with van der Waals surface area (Å²) < 4.78 is 0. The van der Waals surface area contributed by atoms with Gasteiger partial charge < -0.3 is 0 Å². The Kier molecular flexibility index (Phi) is 217. The fraction of sp³-hybridized carbons (Fsp3) is 0. The molecule has 0 saturated carbocycles. The van der Waals surface area contributed by atoms with Crippen molar-refractivity contribution in [3.8, 4) is 0 Å². The molecule has 0 aliphatic carbocycles. The molecule has 0 saturated heterocycles. The van der Waals surface area contributed by atoms with Crippen molar-refractivity contribution in [2.24, 2.45) is 0 Å². The molecule has 0 unspecified atom stereocenters. The van der Waals surface area contributed by atoms with Crippen molar-refractivity contribution in [3.63, 3.8) is 0 Å². The maximum absolute atomic E-state index is 0. The Morgan fingerprint density at radius 1 is 0.800 bits per heavy atom. The Bertz CT molecular complexity index is 9.61. The molecule has 0 aromatic heterocycles. The predicted molar refractivity (Wildman–Crippen MR) is 31.4 cm³/mol. The molecule has 0 bridgehead atoms. The second-order valence-corrected chi connectivity index (χ2v) is 0. The molecular formula is H6AgGaInSe2. The van der Waals surface area contributed by atoms with Gasteiger partial charge in [-0.05, 0) is 0 Å². The average molecular weight is 456 g/mol. The van der Waals surface area contributed by atoms with Crippen LogP contribution in [0, 0.1) is 0 Å². The molecule has 0 N–H and O–H groups in total. The number of hydrogen-bond acceptors (Lipinski definition) is 0. The Labute approximate surface area is 100 Å². The van der Waals surface area contributed by atoms with Crippen molar-refractivity contribution in [3.05, 3.63) is 0 Å². The van der Waals surface area contributed by atoms with Gasteiger partial charge in [0.25, 0.3) is 0 Å². The van der Waals surface area contributed by atoms with E-state index in [-0.39, 0.29) is 102 Å². The molecule has 0 fully saturated rings. The van der Waals surface area contributed by atoms with E-state index in [1.54, 1.807) is 0 Å². The molecule has 0 amide bonds. The van der Waals surface area contributed by atoms with Crippen LogP contribution in [0.5, 0.6) is 0 Å². The molecule has 5 radical (unpaired) electrons. The zero-order valence-corrected chi connectivity index (χ0v) is 6.03. The molecule has 5 heavy (non-hydrogen) atoms. The SMILES string of the molecule is [Ag].[GaH3].[InH3].[Se].[Se]. The van der Waals surface area contributed by atoms with E-state index < -0.39 is 0 Å². The third-order valence-corrected chi connectivity index (χ3v) is 0. The molecule has 0 aliphatic rings. The molecule has 0 heterocycles. The monoisotopic (exact) mass is 457 g/mol. The van der Waals surface area contributed by atoms with Crippen LogP contribution in [-0.2, 0) is 22.4 Å². The fourth-order valence-electron chi connectivity index (χ4n) is 0. The molecular weight excluding hydrogens is 450 g/mol. The van der Waals surface area contributed by atoms with Crippen LogP contribution in [0.25, 0.3) is 0 Å². The Morgan fingerprint density at radius 3 is 0.800 bits per heavy atom. The van der Waals surface area contributed by atoms with Crippen molar-refractivity contribution >= 4 is 79.8 Å². The van der Waals surface area contributed by atoms with Gasteiger partial charge >= 0.3 is 45.6 Å². The minimum atomic E-state index is 0. The largest absolute Gasteiger partial charge is 0 e. The second kappa shape index (κ2) is 26.7. The summed E-state index contributed by atoms with van der Waals surface area (Å²) in [5.41, 5.74) is 0. The van der Waals surface area contributed by atoms with E-state index in [0.717, 1.165) is 0 Å². The minimum Gasteiger partial charge on any atom is 0 e. The van der Waals surface area contributed by atoms with E-state index in [2.05, 4.69) is 0 Å². The maximum atomic E-state index is 0. The van der Waals surface area contributed by atoms with Crippen LogP contribution in [0.1, 0.15) is 0 Å². The van der Waals surface area contributed by atoms with Crippen molar-refractivity contribution < 1.29 is 22.4 Å². The van der Waals surface area contributed by atoms with Crippen LogP contribution in [0.2, 0.25) is 0 Å². The first-order valence-electron chi connectivity index (χ1n) is 0.